The molecule has 0 bridgehead atoms. The molecule has 24 heavy (non-hydrogen) atoms. The normalized spacial score (nSPS) is 16.5. The highest BCUT2D eigenvalue weighted by atomic mass is 35.5. The van der Waals surface area contributed by atoms with Crippen LogP contribution in [0, 0.1) is 0 Å². The molecular formula is C20H32ClNO2. The molecule has 3 nitrogen and oxygen atoms in total. The minimum atomic E-state index is 0.605. The SMILES string of the molecule is CCCOc1cc(Cl)c(CNC2CCCCCCC2)cc1OCC. The third kappa shape index (κ3) is 6.18. The van der Waals surface area contributed by atoms with Crippen LogP contribution in [0.3, 0.4) is 0 Å². The summed E-state index contributed by atoms with van der Waals surface area (Å²) < 4.78 is 11.5. The maximum atomic E-state index is 6.48. The van der Waals surface area contributed by atoms with Gasteiger partial charge in [0.05, 0.1) is 13.2 Å². The van der Waals surface area contributed by atoms with Crippen molar-refractivity contribution >= 4 is 11.6 Å². The van der Waals surface area contributed by atoms with Gasteiger partial charge in [-0.05, 0) is 37.8 Å². The van der Waals surface area contributed by atoms with Gasteiger partial charge in [-0.25, -0.2) is 0 Å². The van der Waals surface area contributed by atoms with Gasteiger partial charge in [-0.3, -0.25) is 0 Å². The van der Waals surface area contributed by atoms with E-state index in [2.05, 4.69) is 12.2 Å². The van der Waals surface area contributed by atoms with Gasteiger partial charge in [0.15, 0.2) is 11.5 Å². The molecule has 0 atom stereocenters. The fourth-order valence-corrected chi connectivity index (χ4v) is 3.44. The predicted molar refractivity (Wildman–Crippen MR) is 101 cm³/mol. The molecule has 1 aliphatic rings. The summed E-state index contributed by atoms with van der Waals surface area (Å²) in [7, 11) is 0. The van der Waals surface area contributed by atoms with Crippen LogP contribution in [-0.2, 0) is 6.54 Å². The molecule has 1 N–H and O–H groups in total. The maximum Gasteiger partial charge on any atom is 0.162 e. The van der Waals surface area contributed by atoms with Gasteiger partial charge >= 0.3 is 0 Å². The number of ether oxygens (including phenoxy) is 2. The molecule has 0 amide bonds. The highest BCUT2D eigenvalue weighted by molar-refractivity contribution is 6.31. The van der Waals surface area contributed by atoms with E-state index in [1.807, 2.05) is 19.1 Å². The van der Waals surface area contributed by atoms with Crippen LogP contribution in [0.5, 0.6) is 11.5 Å². The first kappa shape index (κ1) is 19.4. The number of benzene rings is 1. The van der Waals surface area contributed by atoms with Gasteiger partial charge in [-0.2, -0.15) is 0 Å². The number of nitrogens with one attached hydrogen (secondary N) is 1. The van der Waals surface area contributed by atoms with Crippen molar-refractivity contribution in [3.05, 3.63) is 22.7 Å². The van der Waals surface area contributed by atoms with Crippen LogP contribution in [0.1, 0.15) is 70.8 Å². The number of hydrogen-bond acceptors (Lipinski definition) is 3. The predicted octanol–water partition coefficient (Wildman–Crippen LogP) is 5.73. The molecule has 1 aliphatic carbocycles. The number of halogens is 1. The molecule has 0 spiro atoms. The fraction of sp³-hybridized carbons (Fsp3) is 0.700. The summed E-state index contributed by atoms with van der Waals surface area (Å²) in [4.78, 5) is 0. The average molecular weight is 354 g/mol. The molecule has 0 unspecified atom stereocenters. The Morgan fingerprint density at radius 2 is 1.67 bits per heavy atom. The van der Waals surface area contributed by atoms with Crippen molar-refractivity contribution in [1.82, 2.24) is 5.32 Å². The second kappa shape index (κ2) is 10.8. The van der Waals surface area contributed by atoms with Gasteiger partial charge in [0.2, 0.25) is 0 Å². The minimum Gasteiger partial charge on any atom is -0.490 e. The highest BCUT2D eigenvalue weighted by Crippen LogP contribution is 2.34. The Hall–Kier alpha value is -0.930. The Kier molecular flexibility index (Phi) is 8.76. The van der Waals surface area contributed by atoms with Crippen LogP contribution in [0.25, 0.3) is 0 Å². The Bertz CT molecular complexity index is 485. The summed E-state index contributed by atoms with van der Waals surface area (Å²) >= 11 is 6.48. The first-order valence-electron chi connectivity index (χ1n) is 9.56. The lowest BCUT2D eigenvalue weighted by molar-refractivity contribution is 0.276. The quantitative estimate of drug-likeness (QED) is 0.647. The third-order valence-electron chi connectivity index (χ3n) is 4.56. The first-order valence-corrected chi connectivity index (χ1v) is 9.93. The van der Waals surface area contributed by atoms with Crippen LogP contribution in [-0.4, -0.2) is 19.3 Å². The molecule has 4 heteroatoms. The van der Waals surface area contributed by atoms with Crippen LogP contribution in [0.2, 0.25) is 5.02 Å². The Morgan fingerprint density at radius 1 is 1.00 bits per heavy atom. The lowest BCUT2D eigenvalue weighted by Gasteiger charge is -2.22. The minimum absolute atomic E-state index is 0.605. The van der Waals surface area contributed by atoms with Gasteiger partial charge in [0, 0.05) is 23.7 Å². The second-order valence-electron chi connectivity index (χ2n) is 6.59. The van der Waals surface area contributed by atoms with Crippen molar-refractivity contribution in [1.29, 1.82) is 0 Å². The van der Waals surface area contributed by atoms with E-state index in [0.29, 0.717) is 19.3 Å². The maximum absolute atomic E-state index is 6.48. The van der Waals surface area contributed by atoms with E-state index >= 15 is 0 Å². The van der Waals surface area contributed by atoms with E-state index in [4.69, 9.17) is 21.1 Å². The van der Waals surface area contributed by atoms with Crippen LogP contribution in [0.15, 0.2) is 12.1 Å². The molecule has 136 valence electrons. The summed E-state index contributed by atoms with van der Waals surface area (Å²) in [6, 6.07) is 4.54. The Balaban J connectivity index is 2.01. The van der Waals surface area contributed by atoms with Crippen molar-refractivity contribution in [3.8, 4) is 11.5 Å². The zero-order valence-electron chi connectivity index (χ0n) is 15.2. The smallest absolute Gasteiger partial charge is 0.162 e. The lowest BCUT2D eigenvalue weighted by Crippen LogP contribution is -2.29. The van der Waals surface area contributed by atoms with Crippen LogP contribution >= 0.6 is 11.6 Å². The zero-order valence-corrected chi connectivity index (χ0v) is 16.0. The summed E-state index contributed by atoms with van der Waals surface area (Å²) in [5.74, 6) is 1.54. The largest absolute Gasteiger partial charge is 0.490 e. The molecule has 1 saturated carbocycles. The lowest BCUT2D eigenvalue weighted by atomic mass is 9.96. The molecule has 0 radical (unpaired) electrons. The van der Waals surface area contributed by atoms with Crippen molar-refractivity contribution in [2.24, 2.45) is 0 Å². The van der Waals surface area contributed by atoms with E-state index < -0.39 is 0 Å². The van der Waals surface area contributed by atoms with Gasteiger partial charge in [0.25, 0.3) is 0 Å². The summed E-state index contributed by atoms with van der Waals surface area (Å²) in [6.45, 7) is 6.17. The van der Waals surface area contributed by atoms with E-state index in [0.717, 1.165) is 35.1 Å². The molecule has 0 heterocycles. The monoisotopic (exact) mass is 353 g/mol. The number of rotatable bonds is 8. The highest BCUT2D eigenvalue weighted by Gasteiger charge is 2.14. The van der Waals surface area contributed by atoms with Gasteiger partial charge in [-0.15, -0.1) is 0 Å². The second-order valence-corrected chi connectivity index (χ2v) is 7.00. The van der Waals surface area contributed by atoms with Crippen LogP contribution < -0.4 is 14.8 Å². The topological polar surface area (TPSA) is 30.5 Å². The standard InChI is InChI=1S/C20H32ClNO2/c1-3-12-24-20-14-18(21)16(13-19(20)23-4-2)15-22-17-10-8-6-5-7-9-11-17/h13-14,17,22H,3-12,15H2,1-2H3. The molecule has 2 rings (SSSR count). The number of hydrogen-bond donors (Lipinski definition) is 1. The summed E-state index contributed by atoms with van der Waals surface area (Å²) in [5.41, 5.74) is 1.09. The molecule has 1 aromatic rings. The van der Waals surface area contributed by atoms with E-state index in [1.54, 1.807) is 0 Å². The van der Waals surface area contributed by atoms with Crippen molar-refractivity contribution in [2.45, 2.75) is 77.8 Å². The summed E-state index contributed by atoms with van der Waals surface area (Å²) in [6.07, 6.45) is 10.3. The third-order valence-corrected chi connectivity index (χ3v) is 4.91. The summed E-state index contributed by atoms with van der Waals surface area (Å²) in [5, 5.41) is 4.45. The van der Waals surface area contributed by atoms with Crippen molar-refractivity contribution in [3.63, 3.8) is 0 Å². The van der Waals surface area contributed by atoms with Gasteiger partial charge in [-0.1, -0.05) is 50.6 Å². The first-order chi connectivity index (χ1) is 11.7. The van der Waals surface area contributed by atoms with E-state index in [9.17, 15) is 0 Å². The molecule has 0 saturated heterocycles. The average Bonchev–Trinajstić information content (AvgIpc) is 2.55. The van der Waals surface area contributed by atoms with Crippen LogP contribution in [0.4, 0.5) is 0 Å². The Labute approximate surface area is 152 Å². The van der Waals surface area contributed by atoms with Gasteiger partial charge in [0.1, 0.15) is 0 Å². The molecule has 1 aromatic carbocycles. The molecular weight excluding hydrogens is 322 g/mol. The molecule has 0 aliphatic heterocycles. The van der Waals surface area contributed by atoms with E-state index in [1.165, 1.54) is 44.9 Å². The van der Waals surface area contributed by atoms with E-state index in [-0.39, 0.29) is 0 Å². The van der Waals surface area contributed by atoms with Crippen molar-refractivity contribution < 1.29 is 9.47 Å². The zero-order chi connectivity index (χ0) is 17.2. The fourth-order valence-electron chi connectivity index (χ4n) is 3.22. The van der Waals surface area contributed by atoms with Gasteiger partial charge < -0.3 is 14.8 Å². The Morgan fingerprint density at radius 3 is 2.33 bits per heavy atom. The van der Waals surface area contributed by atoms with Crippen molar-refractivity contribution in [2.75, 3.05) is 13.2 Å². The molecule has 0 aromatic heterocycles. The molecule has 1 fully saturated rings.